The van der Waals surface area contributed by atoms with Crippen molar-refractivity contribution < 1.29 is 9.59 Å². The smallest absolute Gasteiger partial charge is 0.255 e. The highest BCUT2D eigenvalue weighted by atomic mass is 35.5. The number of nitrogens with one attached hydrogen (secondary N) is 1. The molecule has 1 saturated heterocycles. The van der Waals surface area contributed by atoms with E-state index in [2.05, 4.69) is 5.32 Å². The number of nitrogens with zero attached hydrogens (tertiary/aromatic N) is 1. The van der Waals surface area contributed by atoms with Crippen LogP contribution in [0, 0.1) is 0 Å². The highest BCUT2D eigenvalue weighted by Gasteiger charge is 2.17. The van der Waals surface area contributed by atoms with Gasteiger partial charge in [0.05, 0.1) is 0 Å². The third-order valence-corrected chi connectivity index (χ3v) is 4.84. The van der Waals surface area contributed by atoms with Crippen molar-refractivity contribution in [2.24, 2.45) is 0 Å². The van der Waals surface area contributed by atoms with E-state index in [1.54, 1.807) is 42.5 Å². The lowest BCUT2D eigenvalue weighted by atomic mass is 10.1. The van der Waals surface area contributed by atoms with Crippen LogP contribution < -0.4 is 5.32 Å². The number of rotatable bonds is 3. The lowest BCUT2D eigenvalue weighted by molar-refractivity contribution is 0.0761. The van der Waals surface area contributed by atoms with Gasteiger partial charge in [-0.05, 0) is 55.3 Å². The summed E-state index contributed by atoms with van der Waals surface area (Å²) in [6, 6.07) is 11.6. The van der Waals surface area contributed by atoms with Gasteiger partial charge in [0.1, 0.15) is 0 Å². The molecule has 2 aromatic carbocycles. The van der Waals surface area contributed by atoms with Crippen molar-refractivity contribution in [3.8, 4) is 0 Å². The third-order valence-electron chi connectivity index (χ3n) is 4.41. The first-order chi connectivity index (χ1) is 12.5. The Bertz CT molecular complexity index is 778. The van der Waals surface area contributed by atoms with Gasteiger partial charge >= 0.3 is 0 Å². The minimum Gasteiger partial charge on any atom is -0.339 e. The maximum absolute atomic E-state index is 12.6. The first-order valence-corrected chi connectivity index (χ1v) is 9.45. The Kier molecular flexibility index (Phi) is 6.17. The monoisotopic (exact) mass is 390 g/mol. The summed E-state index contributed by atoms with van der Waals surface area (Å²) in [6.07, 6.45) is 4.45. The highest BCUT2D eigenvalue weighted by molar-refractivity contribution is 6.35. The quantitative estimate of drug-likeness (QED) is 0.776. The molecule has 3 rings (SSSR count). The average Bonchev–Trinajstić information content (AvgIpc) is 2.89. The molecule has 0 radical (unpaired) electrons. The third kappa shape index (κ3) is 4.77. The zero-order valence-corrected chi connectivity index (χ0v) is 15.8. The largest absolute Gasteiger partial charge is 0.339 e. The number of likely N-dealkylation sites (tertiary alicyclic amines) is 1. The topological polar surface area (TPSA) is 49.4 Å². The molecule has 1 N–H and O–H groups in total. The molecule has 0 spiro atoms. The molecule has 1 aliphatic rings. The summed E-state index contributed by atoms with van der Waals surface area (Å²) < 4.78 is 0. The minimum absolute atomic E-state index is 0.0282. The Hall–Kier alpha value is -2.04. The van der Waals surface area contributed by atoms with Gasteiger partial charge in [-0.2, -0.15) is 0 Å². The molecule has 0 aromatic heterocycles. The Balaban J connectivity index is 1.68. The van der Waals surface area contributed by atoms with Crippen LogP contribution in [0.1, 0.15) is 46.4 Å². The van der Waals surface area contributed by atoms with E-state index in [0.29, 0.717) is 26.9 Å². The first-order valence-electron chi connectivity index (χ1n) is 8.70. The summed E-state index contributed by atoms with van der Waals surface area (Å²) in [4.78, 5) is 26.9. The van der Waals surface area contributed by atoms with Crippen LogP contribution in [0.5, 0.6) is 0 Å². The Morgan fingerprint density at radius 3 is 1.92 bits per heavy atom. The van der Waals surface area contributed by atoms with Gasteiger partial charge in [-0.15, -0.1) is 0 Å². The summed E-state index contributed by atoms with van der Waals surface area (Å²) in [5, 5.41) is 3.66. The van der Waals surface area contributed by atoms with Gasteiger partial charge in [0.25, 0.3) is 11.8 Å². The van der Waals surface area contributed by atoms with Crippen LogP contribution in [0.2, 0.25) is 10.0 Å². The number of amides is 2. The van der Waals surface area contributed by atoms with E-state index in [1.165, 1.54) is 12.8 Å². The predicted octanol–water partition coefficient (Wildman–Crippen LogP) is 5.26. The molecular formula is C20H20Cl2N2O2. The molecule has 0 atom stereocenters. The maximum Gasteiger partial charge on any atom is 0.255 e. The van der Waals surface area contributed by atoms with Crippen LogP contribution in [0.4, 0.5) is 5.69 Å². The summed E-state index contributed by atoms with van der Waals surface area (Å²) in [7, 11) is 0. The van der Waals surface area contributed by atoms with Crippen LogP contribution in [0.25, 0.3) is 0 Å². The van der Waals surface area contributed by atoms with Crippen molar-refractivity contribution in [2.45, 2.75) is 25.7 Å². The van der Waals surface area contributed by atoms with Crippen molar-refractivity contribution >= 4 is 40.7 Å². The first kappa shape index (κ1) is 18.7. The maximum atomic E-state index is 12.6. The number of halogens is 2. The number of anilines is 1. The van der Waals surface area contributed by atoms with E-state index in [1.807, 2.05) is 4.90 Å². The lowest BCUT2D eigenvalue weighted by Crippen LogP contribution is -2.31. The van der Waals surface area contributed by atoms with Crippen molar-refractivity contribution in [1.29, 1.82) is 0 Å². The van der Waals surface area contributed by atoms with Gasteiger partial charge in [0, 0.05) is 39.9 Å². The van der Waals surface area contributed by atoms with E-state index < -0.39 is 0 Å². The van der Waals surface area contributed by atoms with E-state index >= 15 is 0 Å². The number of carbonyl (C=O) groups excluding carboxylic acids is 2. The number of carbonyl (C=O) groups is 2. The van der Waals surface area contributed by atoms with Crippen molar-refractivity contribution in [3.63, 3.8) is 0 Å². The zero-order valence-electron chi connectivity index (χ0n) is 14.3. The van der Waals surface area contributed by atoms with Crippen LogP contribution in [-0.4, -0.2) is 29.8 Å². The molecule has 0 bridgehead atoms. The summed E-state index contributed by atoms with van der Waals surface area (Å²) in [6.45, 7) is 1.60. The highest BCUT2D eigenvalue weighted by Crippen LogP contribution is 2.23. The van der Waals surface area contributed by atoms with Crippen LogP contribution in [-0.2, 0) is 0 Å². The second-order valence-electron chi connectivity index (χ2n) is 6.40. The molecule has 4 nitrogen and oxygen atoms in total. The molecule has 0 unspecified atom stereocenters. The van der Waals surface area contributed by atoms with Gasteiger partial charge in [-0.3, -0.25) is 9.59 Å². The summed E-state index contributed by atoms with van der Waals surface area (Å²) >= 11 is 11.9. The molecule has 2 aromatic rings. The summed E-state index contributed by atoms with van der Waals surface area (Å²) in [5.74, 6) is -0.252. The molecule has 136 valence electrons. The molecule has 26 heavy (non-hydrogen) atoms. The normalized spacial score (nSPS) is 14.6. The van der Waals surface area contributed by atoms with Gasteiger partial charge in [0.2, 0.25) is 0 Å². The van der Waals surface area contributed by atoms with Gasteiger partial charge in [-0.1, -0.05) is 36.0 Å². The van der Waals surface area contributed by atoms with Crippen molar-refractivity contribution in [3.05, 3.63) is 63.6 Å². The molecule has 1 fully saturated rings. The van der Waals surface area contributed by atoms with Crippen LogP contribution in [0.3, 0.4) is 0 Å². The Morgan fingerprint density at radius 2 is 1.35 bits per heavy atom. The second-order valence-corrected chi connectivity index (χ2v) is 7.27. The fourth-order valence-electron chi connectivity index (χ4n) is 3.05. The molecule has 1 aliphatic heterocycles. The number of hydrogen-bond acceptors (Lipinski definition) is 2. The zero-order chi connectivity index (χ0) is 18.5. The molecule has 1 heterocycles. The summed E-state index contributed by atoms with van der Waals surface area (Å²) in [5.41, 5.74) is 1.60. The lowest BCUT2D eigenvalue weighted by Gasteiger charge is -2.20. The predicted molar refractivity (Wildman–Crippen MR) is 105 cm³/mol. The van der Waals surface area contributed by atoms with E-state index in [-0.39, 0.29) is 11.8 Å². The van der Waals surface area contributed by atoms with Crippen molar-refractivity contribution in [2.75, 3.05) is 18.4 Å². The Labute approximate surface area is 163 Å². The van der Waals surface area contributed by atoms with Gasteiger partial charge < -0.3 is 10.2 Å². The van der Waals surface area contributed by atoms with E-state index in [0.717, 1.165) is 25.9 Å². The van der Waals surface area contributed by atoms with E-state index in [9.17, 15) is 9.59 Å². The molecule has 6 heteroatoms. The van der Waals surface area contributed by atoms with Gasteiger partial charge in [0.15, 0.2) is 0 Å². The minimum atomic E-state index is -0.280. The average molecular weight is 391 g/mol. The number of hydrogen-bond donors (Lipinski definition) is 1. The van der Waals surface area contributed by atoms with Crippen molar-refractivity contribution in [1.82, 2.24) is 4.90 Å². The molecule has 0 aliphatic carbocycles. The van der Waals surface area contributed by atoms with Crippen LogP contribution >= 0.6 is 23.2 Å². The SMILES string of the molecule is O=C(Nc1cc(Cl)cc(Cl)c1)c1ccc(C(=O)N2CCCCCC2)cc1. The second kappa shape index (κ2) is 8.56. The molecule has 2 amide bonds. The standard InChI is InChI=1S/C20H20Cl2N2O2/c21-16-11-17(22)13-18(12-16)23-19(25)14-5-7-15(8-6-14)20(26)24-9-3-1-2-4-10-24/h5-8,11-13H,1-4,9-10H2,(H,23,25). The fourth-order valence-corrected chi connectivity index (χ4v) is 3.58. The van der Waals surface area contributed by atoms with Gasteiger partial charge in [-0.25, -0.2) is 0 Å². The number of benzene rings is 2. The molecular weight excluding hydrogens is 371 g/mol. The van der Waals surface area contributed by atoms with Crippen LogP contribution in [0.15, 0.2) is 42.5 Å². The Morgan fingerprint density at radius 1 is 0.808 bits per heavy atom. The van der Waals surface area contributed by atoms with E-state index in [4.69, 9.17) is 23.2 Å². The fraction of sp³-hybridized carbons (Fsp3) is 0.300. The molecule has 0 saturated carbocycles.